The first-order chi connectivity index (χ1) is 12.4. The van der Waals surface area contributed by atoms with Crippen molar-refractivity contribution in [2.45, 2.75) is 31.8 Å². The van der Waals surface area contributed by atoms with Crippen molar-refractivity contribution >= 4 is 16.1 Å². The Kier molecular flexibility index (Phi) is 5.84. The molecule has 144 valence electrons. The fraction of sp³-hybridized carbons (Fsp3) is 0.611. The van der Waals surface area contributed by atoms with E-state index in [0.717, 1.165) is 6.54 Å². The van der Waals surface area contributed by atoms with Gasteiger partial charge in [-0.05, 0) is 55.9 Å². The number of carbonyl (C=O) groups excluding carboxylic acids is 1. The minimum Gasteiger partial charge on any atom is -0.490 e. The fourth-order valence-electron chi connectivity index (χ4n) is 2.95. The molecule has 3 rings (SSSR count). The Hall–Kier alpha value is -1.64. The van der Waals surface area contributed by atoms with E-state index in [1.807, 2.05) is 0 Å². The Bertz CT molecular complexity index is 721. The molecule has 7 nitrogen and oxygen atoms in total. The summed E-state index contributed by atoms with van der Waals surface area (Å²) < 4.78 is 32.9. The van der Waals surface area contributed by atoms with Gasteiger partial charge in [0.25, 0.3) is 16.1 Å². The molecule has 1 saturated heterocycles. The summed E-state index contributed by atoms with van der Waals surface area (Å²) in [5.74, 6) is 1.31. The summed E-state index contributed by atoms with van der Waals surface area (Å²) in [6.07, 6.45) is 3.70. The molecule has 2 fully saturated rings. The third-order valence-electron chi connectivity index (χ3n) is 4.86. The Balaban J connectivity index is 1.48. The molecule has 26 heavy (non-hydrogen) atoms. The Morgan fingerprint density at radius 1 is 1.15 bits per heavy atom. The number of amides is 1. The molecule has 0 atom stereocenters. The number of piperidine rings is 1. The van der Waals surface area contributed by atoms with Crippen molar-refractivity contribution in [3.05, 3.63) is 29.8 Å². The summed E-state index contributed by atoms with van der Waals surface area (Å²) in [7, 11) is -0.268. The second-order valence-corrected chi connectivity index (χ2v) is 9.33. The van der Waals surface area contributed by atoms with Crippen molar-refractivity contribution in [2.75, 3.05) is 33.7 Å². The van der Waals surface area contributed by atoms with Crippen LogP contribution in [0.25, 0.3) is 0 Å². The number of nitrogens with zero attached hydrogens (tertiary/aromatic N) is 2. The molecule has 0 unspecified atom stereocenters. The smallest absolute Gasteiger partial charge is 0.281 e. The van der Waals surface area contributed by atoms with E-state index in [9.17, 15) is 13.2 Å². The highest BCUT2D eigenvalue weighted by Gasteiger charge is 2.30. The van der Waals surface area contributed by atoms with Crippen LogP contribution < -0.4 is 10.1 Å². The number of carbonyl (C=O) groups is 1. The molecular formula is C18H27N3O4S. The summed E-state index contributed by atoms with van der Waals surface area (Å²) >= 11 is 0. The first-order valence-corrected chi connectivity index (χ1v) is 10.5. The van der Waals surface area contributed by atoms with Crippen molar-refractivity contribution in [3.63, 3.8) is 0 Å². The van der Waals surface area contributed by atoms with Gasteiger partial charge < -0.3 is 10.1 Å². The normalized spacial score (nSPS) is 19.5. The number of hydrogen-bond donors (Lipinski definition) is 1. The van der Waals surface area contributed by atoms with Crippen molar-refractivity contribution in [1.82, 2.24) is 13.9 Å². The molecule has 1 aromatic rings. The zero-order valence-electron chi connectivity index (χ0n) is 15.3. The zero-order valence-corrected chi connectivity index (χ0v) is 16.2. The lowest BCUT2D eigenvalue weighted by molar-refractivity contribution is 0.0951. The van der Waals surface area contributed by atoms with E-state index < -0.39 is 10.2 Å². The van der Waals surface area contributed by atoms with Crippen LogP contribution in [0.3, 0.4) is 0 Å². The quantitative estimate of drug-likeness (QED) is 0.776. The van der Waals surface area contributed by atoms with Crippen LogP contribution in [0.5, 0.6) is 5.75 Å². The Morgan fingerprint density at radius 3 is 2.31 bits per heavy atom. The zero-order chi connectivity index (χ0) is 18.7. The fourth-order valence-corrected chi connectivity index (χ4v) is 4.08. The lowest BCUT2D eigenvalue weighted by atomic mass is 10.1. The molecule has 8 heteroatoms. The molecule has 0 bridgehead atoms. The highest BCUT2D eigenvalue weighted by atomic mass is 32.2. The van der Waals surface area contributed by atoms with Crippen LogP contribution in [-0.4, -0.2) is 62.8 Å². The summed E-state index contributed by atoms with van der Waals surface area (Å²) in [5, 5.41) is 2.94. The van der Waals surface area contributed by atoms with Crippen LogP contribution in [0, 0.1) is 5.92 Å². The highest BCUT2D eigenvalue weighted by Crippen LogP contribution is 2.27. The van der Waals surface area contributed by atoms with E-state index in [2.05, 4.69) is 5.32 Å². The monoisotopic (exact) mass is 381 g/mol. The van der Waals surface area contributed by atoms with E-state index in [1.54, 1.807) is 38.4 Å². The van der Waals surface area contributed by atoms with Crippen LogP contribution in [0.1, 0.15) is 36.0 Å². The molecule has 1 aliphatic carbocycles. The van der Waals surface area contributed by atoms with E-state index >= 15 is 0 Å². The number of benzene rings is 1. The van der Waals surface area contributed by atoms with Crippen LogP contribution in [0.2, 0.25) is 0 Å². The van der Waals surface area contributed by atoms with Gasteiger partial charge in [-0.3, -0.25) is 4.79 Å². The van der Waals surface area contributed by atoms with E-state index in [1.165, 1.54) is 21.5 Å². The Morgan fingerprint density at radius 2 is 1.77 bits per heavy atom. The summed E-state index contributed by atoms with van der Waals surface area (Å²) in [6, 6.07) is 7.14. The van der Waals surface area contributed by atoms with Gasteiger partial charge in [0.15, 0.2) is 0 Å². The van der Waals surface area contributed by atoms with Gasteiger partial charge in [-0.2, -0.15) is 17.0 Å². The number of hydrogen-bond acceptors (Lipinski definition) is 4. The maximum atomic E-state index is 12.1. The van der Waals surface area contributed by atoms with E-state index in [4.69, 9.17) is 4.74 Å². The third kappa shape index (κ3) is 4.75. The number of nitrogens with one attached hydrogen (secondary N) is 1. The molecular weight excluding hydrogens is 354 g/mol. The molecule has 1 aliphatic heterocycles. The molecule has 1 amide bonds. The summed E-state index contributed by atoms with van der Waals surface area (Å²) in [4.78, 5) is 12.0. The molecule has 1 heterocycles. The number of rotatable bonds is 7. The van der Waals surface area contributed by atoms with Crippen molar-refractivity contribution in [2.24, 2.45) is 5.92 Å². The van der Waals surface area contributed by atoms with Gasteiger partial charge in [-0.1, -0.05) is 0 Å². The minimum atomic E-state index is -3.35. The summed E-state index contributed by atoms with van der Waals surface area (Å²) in [6.45, 7) is 1.66. The lowest BCUT2D eigenvalue weighted by Gasteiger charge is -2.32. The second-order valence-electron chi connectivity index (χ2n) is 7.18. The van der Waals surface area contributed by atoms with E-state index in [0.29, 0.717) is 43.2 Å². The first-order valence-electron chi connectivity index (χ1n) is 9.09. The van der Waals surface area contributed by atoms with Gasteiger partial charge >= 0.3 is 0 Å². The maximum Gasteiger partial charge on any atom is 0.281 e. The van der Waals surface area contributed by atoms with Gasteiger partial charge in [-0.15, -0.1) is 0 Å². The SMILES string of the molecule is CN(C)S(=O)(=O)N1CCC(Oc2ccc(C(=O)NCC3CC3)cc2)CC1. The molecule has 0 spiro atoms. The molecule has 1 aromatic carbocycles. The third-order valence-corrected chi connectivity index (χ3v) is 6.80. The molecule has 0 radical (unpaired) electrons. The van der Waals surface area contributed by atoms with Gasteiger partial charge in [0, 0.05) is 39.3 Å². The van der Waals surface area contributed by atoms with Crippen molar-refractivity contribution in [1.29, 1.82) is 0 Å². The first kappa shape index (κ1) is 19.1. The Labute approximate surface area is 155 Å². The van der Waals surface area contributed by atoms with Crippen molar-refractivity contribution < 1.29 is 17.9 Å². The average molecular weight is 381 g/mol. The minimum absolute atomic E-state index is 0.0156. The predicted molar refractivity (Wildman–Crippen MR) is 99.3 cm³/mol. The van der Waals surface area contributed by atoms with Crippen LogP contribution in [-0.2, 0) is 10.2 Å². The van der Waals surface area contributed by atoms with Crippen LogP contribution >= 0.6 is 0 Å². The maximum absolute atomic E-state index is 12.1. The topological polar surface area (TPSA) is 79.0 Å². The average Bonchev–Trinajstić information content (AvgIpc) is 3.45. The molecule has 2 aliphatic rings. The van der Waals surface area contributed by atoms with E-state index in [-0.39, 0.29) is 12.0 Å². The van der Waals surface area contributed by atoms with Gasteiger partial charge in [-0.25, -0.2) is 0 Å². The van der Waals surface area contributed by atoms with Gasteiger partial charge in [0.05, 0.1) is 0 Å². The predicted octanol–water partition coefficient (Wildman–Crippen LogP) is 1.48. The van der Waals surface area contributed by atoms with Crippen LogP contribution in [0.15, 0.2) is 24.3 Å². The van der Waals surface area contributed by atoms with Gasteiger partial charge in [0.2, 0.25) is 0 Å². The molecule has 1 N–H and O–H groups in total. The summed E-state index contributed by atoms with van der Waals surface area (Å²) in [5.41, 5.74) is 0.630. The van der Waals surface area contributed by atoms with Crippen LogP contribution in [0.4, 0.5) is 0 Å². The molecule has 0 aromatic heterocycles. The lowest BCUT2D eigenvalue weighted by Crippen LogP contribution is -2.46. The second kappa shape index (κ2) is 7.94. The largest absolute Gasteiger partial charge is 0.490 e. The van der Waals surface area contributed by atoms with Crippen molar-refractivity contribution in [3.8, 4) is 5.75 Å². The standard InChI is InChI=1S/C18H27N3O4S/c1-20(2)26(23,24)21-11-9-17(10-12-21)25-16-7-5-15(6-8-16)18(22)19-13-14-3-4-14/h5-8,14,17H,3-4,9-13H2,1-2H3,(H,19,22). The molecule has 1 saturated carbocycles. The number of ether oxygens (including phenoxy) is 1. The van der Waals surface area contributed by atoms with Gasteiger partial charge in [0.1, 0.15) is 11.9 Å². The highest BCUT2D eigenvalue weighted by molar-refractivity contribution is 7.86.